The maximum absolute atomic E-state index is 11.1. The van der Waals surface area contributed by atoms with Gasteiger partial charge in [0, 0.05) is 10.6 Å². The van der Waals surface area contributed by atoms with Crippen molar-refractivity contribution in [3.05, 3.63) is 21.3 Å². The van der Waals surface area contributed by atoms with Crippen molar-refractivity contribution >= 4 is 40.6 Å². The molecule has 1 amide bonds. The van der Waals surface area contributed by atoms with Gasteiger partial charge in [-0.25, -0.2) is 5.48 Å². The van der Waals surface area contributed by atoms with Crippen LogP contribution in [0.5, 0.6) is 0 Å². The van der Waals surface area contributed by atoms with E-state index in [1.807, 2.05) is 19.1 Å². The van der Waals surface area contributed by atoms with Gasteiger partial charge in [0.15, 0.2) is 0 Å². The SMILES string of the molecule is CCONC(=O)CSCc1ccc(Cl)s1. The molecule has 0 saturated heterocycles. The molecule has 0 radical (unpaired) electrons. The number of halogens is 1. The largest absolute Gasteiger partial charge is 0.274 e. The molecule has 1 N–H and O–H groups in total. The Morgan fingerprint density at radius 2 is 2.47 bits per heavy atom. The average Bonchev–Trinajstić information content (AvgIpc) is 2.61. The number of hydrogen-bond donors (Lipinski definition) is 1. The molecule has 0 fully saturated rings. The molecular formula is C9H12ClNO2S2. The quantitative estimate of drug-likeness (QED) is 0.804. The molecule has 0 aliphatic rings. The maximum Gasteiger partial charge on any atom is 0.253 e. The van der Waals surface area contributed by atoms with Gasteiger partial charge >= 0.3 is 0 Å². The summed E-state index contributed by atoms with van der Waals surface area (Å²) in [6.45, 7) is 2.30. The van der Waals surface area contributed by atoms with E-state index in [0.717, 1.165) is 10.1 Å². The number of thiophene rings is 1. The van der Waals surface area contributed by atoms with Crippen molar-refractivity contribution in [2.75, 3.05) is 12.4 Å². The molecule has 0 saturated carbocycles. The zero-order valence-electron chi connectivity index (χ0n) is 8.29. The highest BCUT2D eigenvalue weighted by Gasteiger charge is 2.02. The minimum absolute atomic E-state index is 0.107. The molecule has 1 heterocycles. The zero-order chi connectivity index (χ0) is 11.1. The molecule has 0 atom stereocenters. The van der Waals surface area contributed by atoms with Crippen molar-refractivity contribution in [2.45, 2.75) is 12.7 Å². The van der Waals surface area contributed by atoms with Crippen molar-refractivity contribution in [2.24, 2.45) is 0 Å². The first-order chi connectivity index (χ1) is 7.22. The summed E-state index contributed by atoms with van der Waals surface area (Å²) < 4.78 is 0.782. The number of rotatable bonds is 6. The van der Waals surface area contributed by atoms with Gasteiger partial charge in [0.25, 0.3) is 5.91 Å². The maximum atomic E-state index is 11.1. The van der Waals surface area contributed by atoms with Crippen LogP contribution in [0, 0.1) is 0 Å². The van der Waals surface area contributed by atoms with Gasteiger partial charge in [-0.3, -0.25) is 9.63 Å². The first-order valence-electron chi connectivity index (χ1n) is 4.45. The molecule has 0 bridgehead atoms. The molecule has 0 spiro atoms. The van der Waals surface area contributed by atoms with Crippen LogP contribution in [0.15, 0.2) is 12.1 Å². The minimum atomic E-state index is -0.107. The van der Waals surface area contributed by atoms with E-state index >= 15 is 0 Å². The van der Waals surface area contributed by atoms with Gasteiger partial charge in [-0.2, -0.15) is 0 Å². The molecule has 15 heavy (non-hydrogen) atoms. The number of carbonyl (C=O) groups excluding carboxylic acids is 1. The average molecular weight is 266 g/mol. The molecule has 1 aromatic rings. The van der Waals surface area contributed by atoms with Crippen LogP contribution in [0.1, 0.15) is 11.8 Å². The third kappa shape index (κ3) is 5.41. The van der Waals surface area contributed by atoms with Crippen LogP contribution in [0.3, 0.4) is 0 Å². The van der Waals surface area contributed by atoms with Crippen LogP contribution in [-0.2, 0) is 15.4 Å². The number of carbonyl (C=O) groups is 1. The van der Waals surface area contributed by atoms with E-state index in [-0.39, 0.29) is 5.91 Å². The molecule has 1 rings (SSSR count). The summed E-state index contributed by atoms with van der Waals surface area (Å²) in [5.74, 6) is 1.09. The molecule has 0 unspecified atom stereocenters. The Bertz CT molecular complexity index is 317. The van der Waals surface area contributed by atoms with Crippen LogP contribution >= 0.6 is 34.7 Å². The lowest BCUT2D eigenvalue weighted by molar-refractivity contribution is -0.130. The number of hydrogen-bond acceptors (Lipinski definition) is 4. The first-order valence-corrected chi connectivity index (χ1v) is 6.80. The Morgan fingerprint density at radius 1 is 1.67 bits per heavy atom. The second-order valence-electron chi connectivity index (χ2n) is 2.66. The molecule has 84 valence electrons. The molecule has 0 aliphatic heterocycles. The highest BCUT2D eigenvalue weighted by Crippen LogP contribution is 2.24. The van der Waals surface area contributed by atoms with Crippen molar-refractivity contribution < 1.29 is 9.63 Å². The van der Waals surface area contributed by atoms with Gasteiger partial charge in [-0.15, -0.1) is 23.1 Å². The highest BCUT2D eigenvalue weighted by atomic mass is 35.5. The summed E-state index contributed by atoms with van der Waals surface area (Å²) in [4.78, 5) is 17.1. The summed E-state index contributed by atoms with van der Waals surface area (Å²) in [6.07, 6.45) is 0. The van der Waals surface area contributed by atoms with Crippen molar-refractivity contribution in [3.8, 4) is 0 Å². The second-order valence-corrected chi connectivity index (χ2v) is 5.44. The fourth-order valence-electron chi connectivity index (χ4n) is 0.856. The van der Waals surface area contributed by atoms with E-state index in [2.05, 4.69) is 5.48 Å². The first kappa shape index (κ1) is 12.8. The predicted octanol–water partition coefficient (Wildman–Crippen LogP) is 2.70. The van der Waals surface area contributed by atoms with Gasteiger partial charge < -0.3 is 0 Å². The predicted molar refractivity (Wildman–Crippen MR) is 65.3 cm³/mol. The van der Waals surface area contributed by atoms with Gasteiger partial charge in [-0.1, -0.05) is 11.6 Å². The lowest BCUT2D eigenvalue weighted by Crippen LogP contribution is -2.25. The Morgan fingerprint density at radius 3 is 3.07 bits per heavy atom. The monoisotopic (exact) mass is 265 g/mol. The highest BCUT2D eigenvalue weighted by molar-refractivity contribution is 7.99. The smallest absolute Gasteiger partial charge is 0.253 e. The van der Waals surface area contributed by atoms with E-state index in [4.69, 9.17) is 16.4 Å². The Kier molecular flexibility index (Phi) is 6.09. The van der Waals surface area contributed by atoms with E-state index < -0.39 is 0 Å². The van der Waals surface area contributed by atoms with E-state index in [0.29, 0.717) is 12.4 Å². The lowest BCUT2D eigenvalue weighted by Gasteiger charge is -2.02. The van der Waals surface area contributed by atoms with Crippen molar-refractivity contribution in [3.63, 3.8) is 0 Å². The summed E-state index contributed by atoms with van der Waals surface area (Å²) in [5.41, 5.74) is 2.34. The molecule has 0 aromatic carbocycles. The third-order valence-electron chi connectivity index (χ3n) is 1.44. The number of amides is 1. The lowest BCUT2D eigenvalue weighted by atomic mass is 10.5. The summed E-state index contributed by atoms with van der Waals surface area (Å²) >= 11 is 8.86. The van der Waals surface area contributed by atoms with Gasteiger partial charge in [0.2, 0.25) is 0 Å². The standard InChI is InChI=1S/C9H12ClNO2S2/c1-2-13-11-9(12)6-14-5-7-3-4-8(10)15-7/h3-4H,2,5-6H2,1H3,(H,11,12). The summed E-state index contributed by atoms with van der Waals surface area (Å²) in [7, 11) is 0. The summed E-state index contributed by atoms with van der Waals surface area (Å²) in [6, 6.07) is 3.84. The van der Waals surface area contributed by atoms with Crippen LogP contribution in [0.2, 0.25) is 4.34 Å². The van der Waals surface area contributed by atoms with Gasteiger partial charge in [0.1, 0.15) is 0 Å². The number of thioether (sulfide) groups is 1. The van der Waals surface area contributed by atoms with Crippen LogP contribution in [0.25, 0.3) is 0 Å². The van der Waals surface area contributed by atoms with Gasteiger partial charge in [0.05, 0.1) is 16.7 Å². The fraction of sp³-hybridized carbons (Fsp3) is 0.444. The Balaban J connectivity index is 2.13. The van der Waals surface area contributed by atoms with E-state index in [1.54, 1.807) is 0 Å². The van der Waals surface area contributed by atoms with Crippen LogP contribution in [-0.4, -0.2) is 18.3 Å². The van der Waals surface area contributed by atoms with Crippen molar-refractivity contribution in [1.29, 1.82) is 0 Å². The minimum Gasteiger partial charge on any atom is -0.274 e. The topological polar surface area (TPSA) is 38.3 Å². The molecule has 3 nitrogen and oxygen atoms in total. The Labute approximate surface area is 102 Å². The van der Waals surface area contributed by atoms with E-state index in [9.17, 15) is 4.79 Å². The number of hydroxylamine groups is 1. The fourth-order valence-corrected chi connectivity index (χ4v) is 2.87. The van der Waals surface area contributed by atoms with E-state index in [1.165, 1.54) is 28.0 Å². The van der Waals surface area contributed by atoms with Crippen LogP contribution < -0.4 is 5.48 Å². The molecule has 1 aromatic heterocycles. The summed E-state index contributed by atoms with van der Waals surface area (Å²) in [5, 5.41) is 0. The van der Waals surface area contributed by atoms with Crippen molar-refractivity contribution in [1.82, 2.24) is 5.48 Å². The molecular weight excluding hydrogens is 254 g/mol. The zero-order valence-corrected chi connectivity index (χ0v) is 10.7. The molecule has 6 heteroatoms. The van der Waals surface area contributed by atoms with Crippen LogP contribution in [0.4, 0.5) is 0 Å². The third-order valence-corrected chi connectivity index (χ3v) is 3.83. The Hall–Kier alpha value is -0.230. The second kappa shape index (κ2) is 7.11. The number of nitrogens with one attached hydrogen (secondary N) is 1. The normalized spacial score (nSPS) is 10.3. The molecule has 0 aliphatic carbocycles. The van der Waals surface area contributed by atoms with Gasteiger partial charge in [-0.05, 0) is 19.1 Å².